The molecule has 0 saturated carbocycles. The van der Waals surface area contributed by atoms with E-state index in [1.807, 2.05) is 0 Å². The minimum atomic E-state index is -1.68. The van der Waals surface area contributed by atoms with Gasteiger partial charge in [0, 0.05) is 5.69 Å². The SMILES string of the molecule is O=C(Nc1cccc(B(O)O)c1)OCC(Cl)(Cl)Cl. The average molecular weight is 312 g/mol. The third kappa shape index (κ3) is 5.79. The molecule has 0 unspecified atom stereocenters. The number of benzene rings is 1. The predicted molar refractivity (Wildman–Crippen MR) is 71.5 cm³/mol. The van der Waals surface area contributed by atoms with E-state index in [9.17, 15) is 4.79 Å². The molecule has 0 aliphatic heterocycles. The van der Waals surface area contributed by atoms with Crippen LogP contribution < -0.4 is 10.8 Å². The molecule has 98 valence electrons. The van der Waals surface area contributed by atoms with Crippen molar-refractivity contribution in [2.24, 2.45) is 0 Å². The molecule has 0 fully saturated rings. The van der Waals surface area contributed by atoms with Gasteiger partial charge in [-0.05, 0) is 17.6 Å². The number of carbonyl (C=O) groups excluding carboxylic acids is 1. The highest BCUT2D eigenvalue weighted by Crippen LogP contribution is 2.26. The van der Waals surface area contributed by atoms with Gasteiger partial charge in [-0.25, -0.2) is 4.79 Å². The third-order valence-electron chi connectivity index (χ3n) is 1.80. The van der Waals surface area contributed by atoms with Crippen LogP contribution in [-0.4, -0.2) is 33.7 Å². The van der Waals surface area contributed by atoms with Gasteiger partial charge in [-0.2, -0.15) is 0 Å². The summed E-state index contributed by atoms with van der Waals surface area (Å²) in [5.74, 6) is 0. The summed E-state index contributed by atoms with van der Waals surface area (Å²) in [5.41, 5.74) is 0.559. The van der Waals surface area contributed by atoms with E-state index >= 15 is 0 Å². The summed E-state index contributed by atoms with van der Waals surface area (Å²) >= 11 is 16.2. The normalized spacial score (nSPS) is 10.9. The lowest BCUT2D eigenvalue weighted by molar-refractivity contribution is 0.164. The van der Waals surface area contributed by atoms with Gasteiger partial charge in [0.15, 0.2) is 0 Å². The maximum absolute atomic E-state index is 11.3. The quantitative estimate of drug-likeness (QED) is 0.580. The molecule has 3 N–H and O–H groups in total. The van der Waals surface area contributed by atoms with Crippen molar-refractivity contribution < 1.29 is 19.6 Å². The standard InChI is InChI=1S/C9H9BCl3NO4/c11-9(12,13)5-18-8(15)14-7-3-1-2-6(4-7)10(16)17/h1-4,16-17H,5H2,(H,14,15). The van der Waals surface area contributed by atoms with Gasteiger partial charge in [0.2, 0.25) is 3.79 Å². The highest BCUT2D eigenvalue weighted by molar-refractivity contribution is 6.67. The molecule has 9 heteroatoms. The molecule has 1 aromatic rings. The number of amides is 1. The summed E-state index contributed by atoms with van der Waals surface area (Å²) in [6.45, 7) is -0.397. The molecule has 0 radical (unpaired) electrons. The van der Waals surface area contributed by atoms with E-state index in [4.69, 9.17) is 44.9 Å². The first-order chi connectivity index (χ1) is 8.28. The Labute approximate surface area is 119 Å². The Balaban J connectivity index is 2.57. The number of alkyl halides is 3. The Hall–Kier alpha value is -0.655. The summed E-state index contributed by atoms with van der Waals surface area (Å²) in [7, 11) is -1.62. The molecule has 1 aromatic carbocycles. The topological polar surface area (TPSA) is 78.8 Å². The molecule has 0 spiro atoms. The van der Waals surface area contributed by atoms with Crippen LogP contribution in [0.5, 0.6) is 0 Å². The van der Waals surface area contributed by atoms with E-state index < -0.39 is 23.6 Å². The number of nitrogens with one attached hydrogen (secondary N) is 1. The third-order valence-corrected chi connectivity index (χ3v) is 2.13. The Bertz CT molecular complexity index is 425. The van der Waals surface area contributed by atoms with Crippen molar-refractivity contribution in [2.75, 3.05) is 11.9 Å². The van der Waals surface area contributed by atoms with Crippen LogP contribution in [0, 0.1) is 0 Å². The van der Waals surface area contributed by atoms with Crippen LogP contribution >= 0.6 is 34.8 Å². The van der Waals surface area contributed by atoms with E-state index in [0.29, 0.717) is 5.69 Å². The summed E-state index contributed by atoms with van der Waals surface area (Å²) in [6, 6.07) is 5.95. The summed E-state index contributed by atoms with van der Waals surface area (Å²) in [4.78, 5) is 11.3. The molecule has 0 saturated heterocycles. The van der Waals surface area contributed by atoms with E-state index in [-0.39, 0.29) is 5.46 Å². The number of halogens is 3. The lowest BCUT2D eigenvalue weighted by atomic mass is 9.80. The smallest absolute Gasteiger partial charge is 0.445 e. The van der Waals surface area contributed by atoms with Crippen LogP contribution in [0.1, 0.15) is 0 Å². The number of anilines is 1. The molecular formula is C9H9BCl3NO4. The minimum Gasteiger partial charge on any atom is -0.445 e. The highest BCUT2D eigenvalue weighted by atomic mass is 35.6. The summed E-state index contributed by atoms with van der Waals surface area (Å²) in [6.07, 6.45) is -0.814. The number of carbonyl (C=O) groups is 1. The first-order valence-electron chi connectivity index (χ1n) is 4.74. The van der Waals surface area contributed by atoms with Crippen LogP contribution in [0.4, 0.5) is 10.5 Å². The van der Waals surface area contributed by atoms with Gasteiger partial charge in [-0.15, -0.1) is 0 Å². The summed E-state index contributed by atoms with van der Waals surface area (Å²) in [5, 5.41) is 20.3. The molecule has 0 aromatic heterocycles. The fourth-order valence-corrected chi connectivity index (χ4v) is 1.24. The van der Waals surface area contributed by atoms with Crippen molar-refractivity contribution in [3.8, 4) is 0 Å². The van der Waals surface area contributed by atoms with Crippen LogP contribution in [-0.2, 0) is 4.74 Å². The summed E-state index contributed by atoms with van der Waals surface area (Å²) < 4.78 is 2.96. The zero-order valence-corrected chi connectivity index (χ0v) is 11.2. The molecule has 0 aliphatic carbocycles. The van der Waals surface area contributed by atoms with Gasteiger partial charge in [0.25, 0.3) is 0 Å². The number of hydrogen-bond donors (Lipinski definition) is 3. The molecular weight excluding hydrogens is 303 g/mol. The Morgan fingerprint density at radius 3 is 2.61 bits per heavy atom. The molecule has 1 rings (SSSR count). The molecule has 0 atom stereocenters. The molecule has 0 heterocycles. The van der Waals surface area contributed by atoms with Gasteiger partial charge in [0.05, 0.1) is 0 Å². The maximum atomic E-state index is 11.3. The molecule has 1 amide bonds. The van der Waals surface area contributed by atoms with Gasteiger partial charge in [-0.3, -0.25) is 5.32 Å². The number of ether oxygens (including phenoxy) is 1. The second-order valence-electron chi connectivity index (χ2n) is 3.32. The Morgan fingerprint density at radius 2 is 2.06 bits per heavy atom. The van der Waals surface area contributed by atoms with Gasteiger partial charge in [-0.1, -0.05) is 46.9 Å². The Morgan fingerprint density at radius 1 is 1.39 bits per heavy atom. The zero-order chi connectivity index (χ0) is 13.8. The van der Waals surface area contributed by atoms with Crippen molar-refractivity contribution >= 4 is 59.2 Å². The first-order valence-corrected chi connectivity index (χ1v) is 5.88. The minimum absolute atomic E-state index is 0.231. The fourth-order valence-electron chi connectivity index (χ4n) is 1.08. The molecule has 5 nitrogen and oxygen atoms in total. The highest BCUT2D eigenvalue weighted by Gasteiger charge is 2.22. The van der Waals surface area contributed by atoms with Crippen LogP contribution in [0.15, 0.2) is 24.3 Å². The molecule has 0 aliphatic rings. The van der Waals surface area contributed by atoms with Crippen molar-refractivity contribution in [3.05, 3.63) is 24.3 Å². The lowest BCUT2D eigenvalue weighted by Crippen LogP contribution is -2.30. The van der Waals surface area contributed by atoms with E-state index in [1.165, 1.54) is 12.1 Å². The maximum Gasteiger partial charge on any atom is 0.488 e. The van der Waals surface area contributed by atoms with E-state index in [2.05, 4.69) is 10.1 Å². The Kier molecular flexibility index (Phi) is 5.56. The van der Waals surface area contributed by atoms with Crippen molar-refractivity contribution in [1.82, 2.24) is 0 Å². The second kappa shape index (κ2) is 6.49. The second-order valence-corrected chi connectivity index (χ2v) is 5.83. The zero-order valence-electron chi connectivity index (χ0n) is 8.94. The number of hydrogen-bond acceptors (Lipinski definition) is 4. The van der Waals surface area contributed by atoms with Crippen molar-refractivity contribution in [3.63, 3.8) is 0 Å². The average Bonchev–Trinajstić information content (AvgIpc) is 2.26. The largest absolute Gasteiger partial charge is 0.488 e. The fraction of sp³-hybridized carbons (Fsp3) is 0.222. The monoisotopic (exact) mass is 311 g/mol. The van der Waals surface area contributed by atoms with Crippen LogP contribution in [0.3, 0.4) is 0 Å². The first kappa shape index (κ1) is 15.4. The van der Waals surface area contributed by atoms with Crippen LogP contribution in [0.25, 0.3) is 0 Å². The predicted octanol–water partition coefficient (Wildman–Crippen LogP) is 1.29. The number of rotatable bonds is 3. The van der Waals surface area contributed by atoms with E-state index in [1.54, 1.807) is 12.1 Å². The lowest BCUT2D eigenvalue weighted by Gasteiger charge is -2.12. The van der Waals surface area contributed by atoms with Gasteiger partial charge >= 0.3 is 13.2 Å². The molecule has 0 bridgehead atoms. The van der Waals surface area contributed by atoms with E-state index in [0.717, 1.165) is 0 Å². The van der Waals surface area contributed by atoms with Gasteiger partial charge < -0.3 is 14.8 Å². The van der Waals surface area contributed by atoms with Gasteiger partial charge in [0.1, 0.15) is 6.61 Å². The van der Waals surface area contributed by atoms with Crippen molar-refractivity contribution in [2.45, 2.75) is 3.79 Å². The molecule has 18 heavy (non-hydrogen) atoms. The van der Waals surface area contributed by atoms with Crippen molar-refractivity contribution in [1.29, 1.82) is 0 Å². The van der Waals surface area contributed by atoms with Crippen LogP contribution in [0.2, 0.25) is 0 Å².